The molecule has 0 saturated carbocycles. The van der Waals surface area contributed by atoms with Gasteiger partial charge in [0.05, 0.1) is 0 Å². The number of aryl methyl sites for hydroxylation is 1. The van der Waals surface area contributed by atoms with Crippen LogP contribution in [0.15, 0.2) is 48.5 Å². The van der Waals surface area contributed by atoms with E-state index in [2.05, 4.69) is 10.6 Å². The van der Waals surface area contributed by atoms with Crippen LogP contribution < -0.4 is 10.6 Å². The summed E-state index contributed by atoms with van der Waals surface area (Å²) in [6.07, 6.45) is 0. The fourth-order valence-electron chi connectivity index (χ4n) is 2.15. The van der Waals surface area contributed by atoms with Crippen molar-refractivity contribution < 1.29 is 4.79 Å². The number of hydrogen-bond acceptors (Lipinski definition) is 2. The molecule has 1 unspecified atom stereocenters. The van der Waals surface area contributed by atoms with Gasteiger partial charge in [0, 0.05) is 11.7 Å². The summed E-state index contributed by atoms with van der Waals surface area (Å²) in [5.74, 6) is -0.286. The zero-order valence-electron chi connectivity index (χ0n) is 13.0. The second-order valence-electron chi connectivity index (χ2n) is 5.31. The molecule has 0 radical (unpaired) electrons. The Morgan fingerprint density at radius 2 is 1.73 bits per heavy atom. The molecule has 1 atom stereocenters. The lowest BCUT2D eigenvalue weighted by molar-refractivity contribution is -0.110. The van der Waals surface area contributed by atoms with E-state index < -0.39 is 0 Å². The Hall–Kier alpha value is -2.20. The van der Waals surface area contributed by atoms with Crippen molar-refractivity contribution in [1.82, 2.24) is 5.32 Å². The Labute approximate surface area is 136 Å². The van der Waals surface area contributed by atoms with Crippen LogP contribution >= 0.6 is 12.2 Å². The fraction of sp³-hybridized carbons (Fsp3) is 0.222. The predicted octanol–water partition coefficient (Wildman–Crippen LogP) is 3.92. The van der Waals surface area contributed by atoms with Crippen molar-refractivity contribution in [1.29, 1.82) is 0 Å². The van der Waals surface area contributed by atoms with Crippen molar-refractivity contribution in [2.24, 2.45) is 0 Å². The number of carbonyl (C=O) groups excluding carboxylic acids is 1. The van der Waals surface area contributed by atoms with Gasteiger partial charge in [0.2, 0.25) is 0 Å². The number of hydrogen-bond donors (Lipinski definition) is 2. The van der Waals surface area contributed by atoms with E-state index in [-0.39, 0.29) is 16.9 Å². The average molecular weight is 312 g/mol. The minimum Gasteiger partial charge on any atom is -0.365 e. The molecule has 0 bridgehead atoms. The van der Waals surface area contributed by atoms with Crippen LogP contribution in [0.4, 0.5) is 5.69 Å². The van der Waals surface area contributed by atoms with E-state index in [1.165, 1.54) is 0 Å². The largest absolute Gasteiger partial charge is 0.365 e. The topological polar surface area (TPSA) is 41.1 Å². The zero-order valence-corrected chi connectivity index (χ0v) is 13.8. The number of benzene rings is 2. The first kappa shape index (κ1) is 16.2. The smallest absolute Gasteiger partial charge is 0.283 e. The van der Waals surface area contributed by atoms with Crippen LogP contribution in [0.3, 0.4) is 0 Å². The van der Waals surface area contributed by atoms with Gasteiger partial charge in [-0.15, -0.1) is 0 Å². The van der Waals surface area contributed by atoms with E-state index in [4.69, 9.17) is 12.2 Å². The summed E-state index contributed by atoms with van der Waals surface area (Å²) in [6.45, 7) is 5.97. The number of carbonyl (C=O) groups is 1. The molecule has 0 aliphatic rings. The molecule has 0 spiro atoms. The summed E-state index contributed by atoms with van der Waals surface area (Å²) in [5, 5.41) is 5.93. The Morgan fingerprint density at radius 1 is 1.05 bits per heavy atom. The van der Waals surface area contributed by atoms with Gasteiger partial charge < -0.3 is 10.6 Å². The SMILES string of the molecule is Cc1cccc(NC(=O)C(=S)NC(C)c2ccccc2)c1C. The molecule has 3 nitrogen and oxygen atoms in total. The third-order valence-corrected chi connectivity index (χ3v) is 4.01. The molecular formula is C18H20N2OS. The molecule has 2 N–H and O–H groups in total. The highest BCUT2D eigenvalue weighted by Crippen LogP contribution is 2.18. The number of anilines is 1. The number of rotatable bonds is 3. The quantitative estimate of drug-likeness (QED) is 0.844. The highest BCUT2D eigenvalue weighted by Gasteiger charge is 2.14. The van der Waals surface area contributed by atoms with Crippen molar-refractivity contribution >= 4 is 28.8 Å². The molecule has 22 heavy (non-hydrogen) atoms. The first-order chi connectivity index (χ1) is 10.5. The molecule has 4 heteroatoms. The third-order valence-electron chi connectivity index (χ3n) is 3.71. The fourth-order valence-corrected chi connectivity index (χ4v) is 2.38. The van der Waals surface area contributed by atoms with Gasteiger partial charge >= 0.3 is 0 Å². The van der Waals surface area contributed by atoms with Crippen LogP contribution in [0.5, 0.6) is 0 Å². The Morgan fingerprint density at radius 3 is 2.41 bits per heavy atom. The molecule has 114 valence electrons. The van der Waals surface area contributed by atoms with Crippen molar-refractivity contribution in [3.05, 3.63) is 65.2 Å². The molecule has 0 fully saturated rings. The van der Waals surface area contributed by atoms with Crippen molar-refractivity contribution in [3.63, 3.8) is 0 Å². The van der Waals surface area contributed by atoms with Crippen molar-refractivity contribution in [2.75, 3.05) is 5.32 Å². The zero-order chi connectivity index (χ0) is 16.1. The van der Waals surface area contributed by atoms with Gasteiger partial charge in [0.25, 0.3) is 5.91 Å². The molecule has 0 aromatic heterocycles. The van der Waals surface area contributed by atoms with Gasteiger partial charge in [0.15, 0.2) is 4.99 Å². The maximum absolute atomic E-state index is 12.2. The van der Waals surface area contributed by atoms with Crippen LogP contribution in [0.25, 0.3) is 0 Å². The van der Waals surface area contributed by atoms with Gasteiger partial charge in [-0.1, -0.05) is 54.7 Å². The van der Waals surface area contributed by atoms with Crippen LogP contribution in [0.2, 0.25) is 0 Å². The van der Waals surface area contributed by atoms with Gasteiger partial charge in [-0.25, -0.2) is 0 Å². The number of thiocarbonyl (C=S) groups is 1. The molecule has 1 amide bonds. The molecule has 0 saturated heterocycles. The molecule has 0 heterocycles. The van der Waals surface area contributed by atoms with E-state index in [1.54, 1.807) is 0 Å². The highest BCUT2D eigenvalue weighted by molar-refractivity contribution is 7.82. The predicted molar refractivity (Wildman–Crippen MR) is 95.1 cm³/mol. The summed E-state index contributed by atoms with van der Waals surface area (Å²) in [7, 11) is 0. The Bertz CT molecular complexity index is 683. The second kappa shape index (κ2) is 7.18. The van der Waals surface area contributed by atoms with Crippen LogP contribution in [-0.4, -0.2) is 10.9 Å². The van der Waals surface area contributed by atoms with Crippen LogP contribution in [0, 0.1) is 13.8 Å². The lowest BCUT2D eigenvalue weighted by Crippen LogP contribution is -2.35. The maximum atomic E-state index is 12.2. The molecule has 2 rings (SSSR count). The van der Waals surface area contributed by atoms with Crippen molar-refractivity contribution in [3.8, 4) is 0 Å². The third kappa shape index (κ3) is 3.92. The standard InChI is InChI=1S/C18H20N2OS/c1-12-8-7-11-16(13(12)2)20-17(21)18(22)19-14(3)15-9-5-4-6-10-15/h4-11,14H,1-3H3,(H,19,22)(H,20,21). The summed E-state index contributed by atoms with van der Waals surface area (Å²) >= 11 is 5.21. The lowest BCUT2D eigenvalue weighted by Gasteiger charge is -2.17. The average Bonchev–Trinajstić information content (AvgIpc) is 2.52. The van der Waals surface area contributed by atoms with E-state index in [1.807, 2.05) is 69.3 Å². The second-order valence-corrected chi connectivity index (χ2v) is 5.72. The van der Waals surface area contributed by atoms with Gasteiger partial charge in [-0.2, -0.15) is 0 Å². The normalized spacial score (nSPS) is 11.6. The monoisotopic (exact) mass is 312 g/mol. The minimum absolute atomic E-state index is 0.0157. The van der Waals surface area contributed by atoms with E-state index in [0.717, 1.165) is 22.4 Å². The van der Waals surface area contributed by atoms with Gasteiger partial charge in [0.1, 0.15) is 0 Å². The van der Waals surface area contributed by atoms with E-state index >= 15 is 0 Å². The minimum atomic E-state index is -0.286. The maximum Gasteiger partial charge on any atom is 0.283 e. The molecular weight excluding hydrogens is 292 g/mol. The summed E-state index contributed by atoms with van der Waals surface area (Å²) in [4.78, 5) is 12.4. The number of amides is 1. The first-order valence-corrected chi connectivity index (χ1v) is 7.63. The van der Waals surface area contributed by atoms with E-state index in [0.29, 0.717) is 0 Å². The highest BCUT2D eigenvalue weighted by atomic mass is 32.1. The van der Waals surface area contributed by atoms with Crippen LogP contribution in [0.1, 0.15) is 29.7 Å². The molecule has 0 aliphatic heterocycles. The summed E-state index contributed by atoms with van der Waals surface area (Å²) < 4.78 is 0. The van der Waals surface area contributed by atoms with Gasteiger partial charge in [-0.05, 0) is 43.5 Å². The molecule has 2 aromatic carbocycles. The summed E-state index contributed by atoms with van der Waals surface area (Å²) in [6, 6.07) is 15.7. The first-order valence-electron chi connectivity index (χ1n) is 7.22. The Kier molecular flexibility index (Phi) is 5.28. The van der Waals surface area contributed by atoms with Crippen molar-refractivity contribution in [2.45, 2.75) is 26.8 Å². The molecule has 2 aromatic rings. The number of nitrogens with one attached hydrogen (secondary N) is 2. The Balaban J connectivity index is 2.01. The summed E-state index contributed by atoms with van der Waals surface area (Å²) in [5.41, 5.74) is 4.06. The molecule has 0 aliphatic carbocycles. The van der Waals surface area contributed by atoms with Gasteiger partial charge in [-0.3, -0.25) is 4.79 Å². The van der Waals surface area contributed by atoms with E-state index in [9.17, 15) is 4.79 Å². The van der Waals surface area contributed by atoms with Crippen LogP contribution in [-0.2, 0) is 4.79 Å². The lowest BCUT2D eigenvalue weighted by atomic mass is 10.1.